The lowest BCUT2D eigenvalue weighted by Crippen LogP contribution is -2.38. The van der Waals surface area contributed by atoms with E-state index in [9.17, 15) is 9.59 Å². The van der Waals surface area contributed by atoms with Crippen LogP contribution in [0.1, 0.15) is 6.92 Å². The Bertz CT molecular complexity index is 192. The van der Waals surface area contributed by atoms with Gasteiger partial charge in [-0.25, -0.2) is 4.79 Å². The van der Waals surface area contributed by atoms with Gasteiger partial charge in [-0.2, -0.15) is 0 Å². The summed E-state index contributed by atoms with van der Waals surface area (Å²) in [5.41, 5.74) is 0. The monoisotopic (exact) mass is 141 g/mol. The van der Waals surface area contributed by atoms with E-state index in [0.717, 1.165) is 0 Å². The normalized spacial score (nSPS) is 11.2. The molecule has 0 unspecified atom stereocenters. The van der Waals surface area contributed by atoms with E-state index in [1.165, 1.54) is 6.92 Å². The number of hydrogen-bond acceptors (Lipinski definition) is 2. The molecule has 0 saturated carbocycles. The number of carboxylic acid groups (broad SMARTS) is 1. The minimum Gasteiger partial charge on any atom is -0.479 e. The molecule has 10 heavy (non-hydrogen) atoms. The molecule has 1 amide bonds. The standard InChI is InChI=1S/C6H7NO3/c1-3-5(6(9)10)7-4(2)8/h1,5H,2H3,(H,7,8)(H,9,10)/t5-/m1/s1. The van der Waals surface area contributed by atoms with Gasteiger partial charge in [-0.15, -0.1) is 6.42 Å². The van der Waals surface area contributed by atoms with E-state index in [2.05, 4.69) is 5.32 Å². The van der Waals surface area contributed by atoms with Gasteiger partial charge in [-0.05, 0) is 0 Å². The lowest BCUT2D eigenvalue weighted by Gasteiger charge is -2.03. The van der Waals surface area contributed by atoms with Gasteiger partial charge in [-0.3, -0.25) is 4.79 Å². The molecule has 0 fully saturated rings. The van der Waals surface area contributed by atoms with Gasteiger partial charge in [0.05, 0.1) is 0 Å². The zero-order valence-corrected chi connectivity index (χ0v) is 5.42. The van der Waals surface area contributed by atoms with Crippen molar-refractivity contribution < 1.29 is 14.7 Å². The minimum atomic E-state index is -1.22. The Labute approximate surface area is 58.2 Å². The van der Waals surface area contributed by atoms with E-state index in [1.807, 2.05) is 5.92 Å². The fourth-order valence-electron chi connectivity index (χ4n) is 0.378. The molecule has 0 saturated heterocycles. The summed E-state index contributed by atoms with van der Waals surface area (Å²) in [6, 6.07) is -1.21. The van der Waals surface area contributed by atoms with Crippen LogP contribution < -0.4 is 5.32 Å². The lowest BCUT2D eigenvalue weighted by molar-refractivity contribution is -0.139. The molecule has 0 aromatic rings. The molecular weight excluding hydrogens is 134 g/mol. The second kappa shape index (κ2) is 3.51. The van der Waals surface area contributed by atoms with Crippen molar-refractivity contribution in [3.05, 3.63) is 0 Å². The highest BCUT2D eigenvalue weighted by Crippen LogP contribution is 1.79. The Balaban J connectivity index is 4.00. The molecule has 0 aliphatic rings. The van der Waals surface area contributed by atoms with Crippen molar-refractivity contribution in [2.45, 2.75) is 13.0 Å². The van der Waals surface area contributed by atoms with Gasteiger partial charge < -0.3 is 10.4 Å². The van der Waals surface area contributed by atoms with Crippen molar-refractivity contribution in [3.8, 4) is 12.3 Å². The van der Waals surface area contributed by atoms with Crippen LogP contribution in [-0.4, -0.2) is 23.0 Å². The third kappa shape index (κ3) is 2.72. The molecule has 0 heterocycles. The summed E-state index contributed by atoms with van der Waals surface area (Å²) >= 11 is 0. The fourth-order valence-corrected chi connectivity index (χ4v) is 0.378. The maximum Gasteiger partial charge on any atom is 0.338 e. The van der Waals surface area contributed by atoms with Crippen molar-refractivity contribution in [1.29, 1.82) is 0 Å². The predicted octanol–water partition coefficient (Wildman–Crippen LogP) is -0.791. The highest BCUT2D eigenvalue weighted by Gasteiger charge is 2.13. The molecule has 54 valence electrons. The zero-order chi connectivity index (χ0) is 8.15. The van der Waals surface area contributed by atoms with E-state index in [4.69, 9.17) is 11.5 Å². The third-order valence-electron chi connectivity index (χ3n) is 0.761. The summed E-state index contributed by atoms with van der Waals surface area (Å²) in [5.74, 6) is 0.224. The molecule has 0 aromatic carbocycles. The summed E-state index contributed by atoms with van der Waals surface area (Å²) in [5, 5.41) is 10.3. The molecule has 0 spiro atoms. The fraction of sp³-hybridized carbons (Fsp3) is 0.333. The van der Waals surface area contributed by atoms with Gasteiger partial charge in [0.1, 0.15) is 0 Å². The van der Waals surface area contributed by atoms with Crippen LogP contribution in [0.25, 0.3) is 0 Å². The molecule has 0 aliphatic heterocycles. The van der Waals surface area contributed by atoms with Gasteiger partial charge in [0, 0.05) is 6.92 Å². The van der Waals surface area contributed by atoms with E-state index >= 15 is 0 Å². The summed E-state index contributed by atoms with van der Waals surface area (Å²) in [4.78, 5) is 20.4. The molecule has 4 nitrogen and oxygen atoms in total. The maximum atomic E-state index is 10.2. The molecule has 0 radical (unpaired) electrons. The number of rotatable bonds is 2. The van der Waals surface area contributed by atoms with Crippen molar-refractivity contribution >= 4 is 11.9 Å². The Kier molecular flexibility index (Phi) is 2.98. The first kappa shape index (κ1) is 8.50. The predicted molar refractivity (Wildman–Crippen MR) is 34.1 cm³/mol. The molecule has 0 aliphatic carbocycles. The Morgan fingerprint density at radius 3 is 2.30 bits per heavy atom. The Hall–Kier alpha value is -1.50. The summed E-state index contributed by atoms with van der Waals surface area (Å²) < 4.78 is 0. The largest absolute Gasteiger partial charge is 0.479 e. The van der Waals surface area contributed by atoms with Gasteiger partial charge in [0.2, 0.25) is 5.91 Å². The van der Waals surface area contributed by atoms with Gasteiger partial charge in [-0.1, -0.05) is 5.92 Å². The smallest absolute Gasteiger partial charge is 0.338 e. The van der Waals surface area contributed by atoms with Crippen LogP contribution in [0.4, 0.5) is 0 Å². The summed E-state index contributed by atoms with van der Waals surface area (Å²) in [6.45, 7) is 1.20. The van der Waals surface area contributed by atoms with Crippen molar-refractivity contribution in [1.82, 2.24) is 5.32 Å². The van der Waals surface area contributed by atoms with E-state index < -0.39 is 17.9 Å². The topological polar surface area (TPSA) is 66.4 Å². The average Bonchev–Trinajstić information content (AvgIpc) is 1.81. The number of nitrogens with one attached hydrogen (secondary N) is 1. The first-order valence-electron chi connectivity index (χ1n) is 2.54. The average molecular weight is 141 g/mol. The number of hydrogen-bond donors (Lipinski definition) is 2. The van der Waals surface area contributed by atoms with Crippen molar-refractivity contribution in [3.63, 3.8) is 0 Å². The van der Waals surface area contributed by atoms with Crippen molar-refractivity contribution in [2.75, 3.05) is 0 Å². The van der Waals surface area contributed by atoms with Crippen LogP contribution in [0.3, 0.4) is 0 Å². The van der Waals surface area contributed by atoms with Crippen LogP contribution in [-0.2, 0) is 9.59 Å². The second-order valence-electron chi connectivity index (χ2n) is 1.64. The summed E-state index contributed by atoms with van der Waals surface area (Å²) in [6.07, 6.45) is 4.78. The van der Waals surface area contributed by atoms with E-state index in [1.54, 1.807) is 0 Å². The quantitative estimate of drug-likeness (QED) is 0.495. The zero-order valence-electron chi connectivity index (χ0n) is 5.42. The SMILES string of the molecule is C#C[C@@H](NC(C)=O)C(=O)O. The number of carbonyl (C=O) groups excluding carboxylic acids is 1. The minimum absolute atomic E-state index is 0.453. The molecule has 0 bridgehead atoms. The molecular formula is C6H7NO3. The van der Waals surface area contributed by atoms with Crippen LogP contribution >= 0.6 is 0 Å². The lowest BCUT2D eigenvalue weighted by atomic mass is 10.3. The highest BCUT2D eigenvalue weighted by molar-refractivity contribution is 5.84. The highest BCUT2D eigenvalue weighted by atomic mass is 16.4. The number of terminal acetylenes is 1. The molecule has 0 aromatic heterocycles. The van der Waals surface area contributed by atoms with Crippen molar-refractivity contribution in [2.24, 2.45) is 0 Å². The number of carboxylic acids is 1. The summed E-state index contributed by atoms with van der Waals surface area (Å²) in [7, 11) is 0. The van der Waals surface area contributed by atoms with Crippen LogP contribution in [0.15, 0.2) is 0 Å². The third-order valence-corrected chi connectivity index (χ3v) is 0.761. The second-order valence-corrected chi connectivity index (χ2v) is 1.64. The van der Waals surface area contributed by atoms with E-state index in [-0.39, 0.29) is 0 Å². The Morgan fingerprint density at radius 2 is 2.20 bits per heavy atom. The first-order valence-corrected chi connectivity index (χ1v) is 2.54. The van der Waals surface area contributed by atoms with Crippen LogP contribution in [0.5, 0.6) is 0 Å². The number of carbonyl (C=O) groups is 2. The van der Waals surface area contributed by atoms with Gasteiger partial charge in [0.25, 0.3) is 0 Å². The van der Waals surface area contributed by atoms with Gasteiger partial charge >= 0.3 is 5.97 Å². The molecule has 0 rings (SSSR count). The number of aliphatic carboxylic acids is 1. The van der Waals surface area contributed by atoms with Crippen LogP contribution in [0, 0.1) is 12.3 Å². The molecule has 1 atom stereocenters. The maximum absolute atomic E-state index is 10.2. The first-order chi connectivity index (χ1) is 4.57. The van der Waals surface area contributed by atoms with Crippen LogP contribution in [0.2, 0.25) is 0 Å². The Morgan fingerprint density at radius 1 is 1.70 bits per heavy atom. The molecule has 4 heteroatoms. The number of amides is 1. The van der Waals surface area contributed by atoms with E-state index in [0.29, 0.717) is 0 Å². The van der Waals surface area contributed by atoms with Gasteiger partial charge in [0.15, 0.2) is 6.04 Å². The molecule has 2 N–H and O–H groups in total.